The van der Waals surface area contributed by atoms with Crippen LogP contribution in [-0.2, 0) is 18.4 Å². The molecule has 0 bridgehead atoms. The Bertz CT molecular complexity index is 1350. The summed E-state index contributed by atoms with van der Waals surface area (Å²) >= 11 is 0. The highest BCUT2D eigenvalue weighted by molar-refractivity contribution is 6.37. The predicted octanol–water partition coefficient (Wildman–Crippen LogP) is 3.96. The second-order valence-electron chi connectivity index (χ2n) is 8.23. The van der Waals surface area contributed by atoms with Crippen LogP contribution in [0.1, 0.15) is 16.7 Å². The van der Waals surface area contributed by atoms with E-state index in [0.29, 0.717) is 5.57 Å². The van der Waals surface area contributed by atoms with Crippen molar-refractivity contribution < 1.29 is 4.79 Å². The molecule has 7 heteroatoms. The first-order valence-corrected chi connectivity index (χ1v) is 10.4. The number of benzene rings is 3. The summed E-state index contributed by atoms with van der Waals surface area (Å²) in [7, 11) is 5.96. The van der Waals surface area contributed by atoms with Gasteiger partial charge >= 0.3 is 0 Å². The number of carbonyl (C=O) groups is 1. The first-order chi connectivity index (χ1) is 15.5. The molecule has 4 aromatic rings. The maximum Gasteiger partial charge on any atom is 0.258 e. The number of fused-ring (bicyclic) bond motifs is 2. The van der Waals surface area contributed by atoms with Crippen LogP contribution in [0.4, 0.5) is 11.4 Å². The number of hydrogen-bond donors (Lipinski definition) is 2. The molecule has 0 saturated carbocycles. The second-order valence-corrected chi connectivity index (χ2v) is 8.23. The van der Waals surface area contributed by atoms with Gasteiger partial charge in [0, 0.05) is 36.1 Å². The van der Waals surface area contributed by atoms with Crippen molar-refractivity contribution in [1.82, 2.24) is 19.9 Å². The topological polar surface area (TPSA) is 75.1 Å². The molecule has 1 aromatic heterocycles. The maximum atomic E-state index is 13.0. The molecule has 5 rings (SSSR count). The van der Waals surface area contributed by atoms with Gasteiger partial charge in [-0.05, 0) is 50.0 Å². The van der Waals surface area contributed by atoms with E-state index in [-0.39, 0.29) is 5.91 Å². The number of aryl methyl sites for hydroxylation is 1. The van der Waals surface area contributed by atoms with Crippen LogP contribution in [0, 0.1) is 0 Å². The number of amides is 1. The first kappa shape index (κ1) is 20.0. The molecule has 0 radical (unpaired) electrons. The number of nitrogens with zero attached hydrogens (tertiary/aromatic N) is 4. The fraction of sp³-hybridized carbons (Fsp3) is 0.160. The summed E-state index contributed by atoms with van der Waals surface area (Å²) in [6.07, 6.45) is 0. The van der Waals surface area contributed by atoms with Crippen molar-refractivity contribution >= 4 is 39.6 Å². The zero-order valence-electron chi connectivity index (χ0n) is 18.3. The highest BCUT2D eigenvalue weighted by Gasteiger charge is 2.28. The van der Waals surface area contributed by atoms with E-state index in [9.17, 15) is 4.79 Å². The van der Waals surface area contributed by atoms with Crippen LogP contribution >= 0.6 is 0 Å². The second kappa shape index (κ2) is 7.94. The Labute approximate surface area is 186 Å². The Hall–Kier alpha value is -3.97. The van der Waals surface area contributed by atoms with E-state index < -0.39 is 0 Å². The van der Waals surface area contributed by atoms with Gasteiger partial charge in [0.05, 0.1) is 16.8 Å². The van der Waals surface area contributed by atoms with Gasteiger partial charge in [-0.3, -0.25) is 4.79 Å². The summed E-state index contributed by atoms with van der Waals surface area (Å²) < 4.78 is 1.74. The van der Waals surface area contributed by atoms with Gasteiger partial charge < -0.3 is 15.5 Å². The van der Waals surface area contributed by atoms with Gasteiger partial charge in [0.2, 0.25) is 0 Å². The summed E-state index contributed by atoms with van der Waals surface area (Å²) in [6, 6.07) is 22.0. The van der Waals surface area contributed by atoms with E-state index in [0.717, 1.165) is 45.8 Å². The highest BCUT2D eigenvalue weighted by Crippen LogP contribution is 2.37. The normalized spacial score (nSPS) is 14.6. The number of aromatic nitrogens is 3. The van der Waals surface area contributed by atoms with Gasteiger partial charge in [-0.25, -0.2) is 4.68 Å². The van der Waals surface area contributed by atoms with Gasteiger partial charge in [-0.15, -0.1) is 5.10 Å². The van der Waals surface area contributed by atoms with Crippen molar-refractivity contribution in [3.8, 4) is 0 Å². The number of para-hydroxylation sites is 1. The van der Waals surface area contributed by atoms with Gasteiger partial charge in [-0.1, -0.05) is 41.6 Å². The molecular formula is C25H24N6O. The highest BCUT2D eigenvalue weighted by atomic mass is 16.2. The Balaban J connectivity index is 1.63. The lowest BCUT2D eigenvalue weighted by atomic mass is 9.99. The average molecular weight is 425 g/mol. The van der Waals surface area contributed by atoms with Crippen LogP contribution in [0.15, 0.2) is 66.7 Å². The molecule has 2 heterocycles. The number of nitrogens with one attached hydrogen (secondary N) is 2. The molecule has 0 fully saturated rings. The van der Waals surface area contributed by atoms with Crippen LogP contribution in [0.3, 0.4) is 0 Å². The molecule has 0 aliphatic carbocycles. The smallest absolute Gasteiger partial charge is 0.258 e. The monoisotopic (exact) mass is 424 g/mol. The standard InChI is InChI=1S/C25H24N6O/c1-30(2)15-16-8-11-18(12-9-16)26-24(17-10-13-22-21(14-17)28-29-31(22)3)23-19-6-4-5-7-20(19)27-25(23)32/h4-14,26H,15H2,1-3H3,(H,27,32)/b24-23-. The molecule has 1 amide bonds. The van der Waals surface area contributed by atoms with E-state index in [1.54, 1.807) is 4.68 Å². The average Bonchev–Trinajstić information content (AvgIpc) is 3.31. The number of anilines is 2. The lowest BCUT2D eigenvalue weighted by Gasteiger charge is -2.16. The van der Waals surface area contributed by atoms with E-state index in [4.69, 9.17) is 0 Å². The summed E-state index contributed by atoms with van der Waals surface area (Å²) in [5.74, 6) is -0.128. The third kappa shape index (κ3) is 3.63. The fourth-order valence-electron chi connectivity index (χ4n) is 4.04. The maximum absolute atomic E-state index is 13.0. The summed E-state index contributed by atoms with van der Waals surface area (Å²) in [6.45, 7) is 0.868. The molecule has 0 atom stereocenters. The lowest BCUT2D eigenvalue weighted by molar-refractivity contribution is -0.110. The van der Waals surface area contributed by atoms with Crippen LogP contribution in [-0.4, -0.2) is 39.9 Å². The number of hydrogen-bond acceptors (Lipinski definition) is 5. The third-order valence-corrected chi connectivity index (χ3v) is 5.54. The van der Waals surface area contributed by atoms with Gasteiger partial charge in [0.25, 0.3) is 5.91 Å². The van der Waals surface area contributed by atoms with E-state index in [2.05, 4.69) is 38.0 Å². The molecule has 7 nitrogen and oxygen atoms in total. The van der Waals surface area contributed by atoms with E-state index in [1.165, 1.54) is 5.56 Å². The quantitative estimate of drug-likeness (QED) is 0.475. The van der Waals surface area contributed by atoms with Crippen LogP contribution in [0.25, 0.3) is 22.3 Å². The van der Waals surface area contributed by atoms with Crippen molar-refractivity contribution in [2.75, 3.05) is 24.7 Å². The van der Waals surface area contributed by atoms with Gasteiger partial charge in [0.1, 0.15) is 5.52 Å². The molecule has 0 unspecified atom stereocenters. The Morgan fingerprint density at radius 3 is 2.62 bits per heavy atom. The van der Waals surface area contributed by atoms with Crippen molar-refractivity contribution in [3.63, 3.8) is 0 Å². The largest absolute Gasteiger partial charge is 0.354 e. The number of carbonyl (C=O) groups excluding carboxylic acids is 1. The van der Waals surface area contributed by atoms with E-state index in [1.807, 2.05) is 75.7 Å². The van der Waals surface area contributed by atoms with Crippen molar-refractivity contribution in [2.24, 2.45) is 7.05 Å². The molecule has 3 aromatic carbocycles. The summed E-state index contributed by atoms with van der Waals surface area (Å²) in [5, 5.41) is 14.9. The van der Waals surface area contributed by atoms with Gasteiger partial charge in [-0.2, -0.15) is 0 Å². The zero-order valence-corrected chi connectivity index (χ0v) is 18.3. The van der Waals surface area contributed by atoms with E-state index >= 15 is 0 Å². The number of rotatable bonds is 5. The summed E-state index contributed by atoms with van der Waals surface area (Å²) in [5.41, 5.74) is 7.75. The third-order valence-electron chi connectivity index (χ3n) is 5.54. The van der Waals surface area contributed by atoms with Crippen molar-refractivity contribution in [1.29, 1.82) is 0 Å². The first-order valence-electron chi connectivity index (χ1n) is 10.4. The van der Waals surface area contributed by atoms with Gasteiger partial charge in [0.15, 0.2) is 0 Å². The van der Waals surface area contributed by atoms with Crippen molar-refractivity contribution in [3.05, 3.63) is 83.4 Å². The summed E-state index contributed by atoms with van der Waals surface area (Å²) in [4.78, 5) is 15.2. The molecule has 0 saturated heterocycles. The predicted molar refractivity (Wildman–Crippen MR) is 128 cm³/mol. The molecular weight excluding hydrogens is 400 g/mol. The Morgan fingerprint density at radius 1 is 1.06 bits per heavy atom. The molecule has 32 heavy (non-hydrogen) atoms. The van der Waals surface area contributed by atoms with Crippen molar-refractivity contribution in [2.45, 2.75) is 6.54 Å². The zero-order chi connectivity index (χ0) is 22.2. The SMILES string of the molecule is CN(C)Cc1ccc(N/C(=C2\C(=O)Nc3ccccc32)c2ccc3c(c2)nnn3C)cc1. The van der Waals surface area contributed by atoms with Crippen LogP contribution < -0.4 is 10.6 Å². The lowest BCUT2D eigenvalue weighted by Crippen LogP contribution is -2.11. The minimum Gasteiger partial charge on any atom is -0.354 e. The minimum atomic E-state index is -0.128. The van der Waals surface area contributed by atoms with Crippen LogP contribution in [0.2, 0.25) is 0 Å². The molecule has 0 spiro atoms. The minimum absolute atomic E-state index is 0.128. The Morgan fingerprint density at radius 2 is 1.84 bits per heavy atom. The molecule has 2 N–H and O–H groups in total. The fourth-order valence-corrected chi connectivity index (χ4v) is 4.04. The Kier molecular flexibility index (Phi) is 4.95. The van der Waals surface area contributed by atoms with Crippen LogP contribution in [0.5, 0.6) is 0 Å². The molecule has 160 valence electrons. The molecule has 1 aliphatic heterocycles. The molecule has 1 aliphatic rings.